The molecule has 0 saturated heterocycles. The number of hydrogen-bond acceptors (Lipinski definition) is 5. The molecule has 6 heteroatoms. The van der Waals surface area contributed by atoms with Gasteiger partial charge in [-0.05, 0) is 64.2 Å². The molecule has 0 aromatic rings. The van der Waals surface area contributed by atoms with Gasteiger partial charge in [0.25, 0.3) is 0 Å². The minimum atomic E-state index is -1.28. The van der Waals surface area contributed by atoms with Crippen LogP contribution in [0.4, 0.5) is 0 Å². The number of hydrogen-bond donors (Lipinski definition) is 5. The Kier molecular flexibility index (Phi) is 44.9. The fourth-order valence-corrected chi connectivity index (χ4v) is 7.87. The van der Waals surface area contributed by atoms with Crippen molar-refractivity contribution in [2.75, 3.05) is 6.61 Å². The van der Waals surface area contributed by atoms with E-state index in [2.05, 4.69) is 43.5 Å². The van der Waals surface area contributed by atoms with Gasteiger partial charge in [-0.2, -0.15) is 0 Å². The number of unbranched alkanes of at least 4 members (excludes halogenated alkanes) is 33. The van der Waals surface area contributed by atoms with Crippen LogP contribution in [0.5, 0.6) is 0 Å². The van der Waals surface area contributed by atoms with Gasteiger partial charge in [0, 0.05) is 0 Å². The third-order valence-corrected chi connectivity index (χ3v) is 11.9. The summed E-state index contributed by atoms with van der Waals surface area (Å²) in [6, 6.07) is -0.999. The summed E-state index contributed by atoms with van der Waals surface area (Å²) in [5, 5.41) is 43.7. The lowest BCUT2D eigenvalue weighted by Crippen LogP contribution is -2.53. The molecule has 0 aliphatic rings. The highest BCUT2D eigenvalue weighted by Crippen LogP contribution is 2.16. The van der Waals surface area contributed by atoms with Gasteiger partial charge in [-0.25, -0.2) is 0 Å². The Labute approximate surface area is 354 Å². The minimum Gasteiger partial charge on any atom is -0.394 e. The molecule has 4 atom stereocenters. The van der Waals surface area contributed by atoms with Crippen molar-refractivity contribution in [2.24, 2.45) is 0 Å². The Bertz CT molecular complexity index is 863. The van der Waals surface area contributed by atoms with E-state index in [-0.39, 0.29) is 0 Å². The predicted octanol–water partition coefficient (Wildman–Crippen LogP) is 13.9. The Morgan fingerprint density at radius 2 is 0.719 bits per heavy atom. The summed E-state index contributed by atoms with van der Waals surface area (Å²) >= 11 is 0. The second-order valence-electron chi connectivity index (χ2n) is 17.5. The molecule has 0 aromatic heterocycles. The molecule has 0 fully saturated rings. The highest BCUT2D eigenvalue weighted by atomic mass is 16.3. The lowest BCUT2D eigenvalue weighted by atomic mass is 10.00. The fourth-order valence-electron chi connectivity index (χ4n) is 7.87. The summed E-state index contributed by atoms with van der Waals surface area (Å²) in [5.41, 5.74) is 0. The van der Waals surface area contributed by atoms with Crippen molar-refractivity contribution >= 4 is 5.91 Å². The molecule has 4 unspecified atom stereocenters. The van der Waals surface area contributed by atoms with Crippen molar-refractivity contribution in [3.8, 4) is 0 Å². The Morgan fingerprint density at radius 3 is 1.05 bits per heavy atom. The number of amides is 1. The van der Waals surface area contributed by atoms with E-state index in [1.165, 1.54) is 199 Å². The molecule has 1 amide bonds. The summed E-state index contributed by atoms with van der Waals surface area (Å²) < 4.78 is 0. The molecule has 0 aliphatic heterocycles. The molecule has 57 heavy (non-hydrogen) atoms. The van der Waals surface area contributed by atoms with Gasteiger partial charge in [0.05, 0.1) is 18.8 Å². The van der Waals surface area contributed by atoms with Crippen LogP contribution >= 0.6 is 0 Å². The van der Waals surface area contributed by atoms with E-state index in [1.807, 2.05) is 0 Å². The van der Waals surface area contributed by atoms with Crippen molar-refractivity contribution in [3.63, 3.8) is 0 Å². The lowest BCUT2D eigenvalue weighted by Gasteiger charge is -2.27. The molecule has 5 N–H and O–H groups in total. The summed E-state index contributed by atoms with van der Waals surface area (Å²) in [6.07, 6.45) is 53.9. The Morgan fingerprint density at radius 1 is 0.421 bits per heavy atom. The van der Waals surface area contributed by atoms with E-state index in [0.717, 1.165) is 38.5 Å². The lowest BCUT2D eigenvalue weighted by molar-refractivity contribution is -0.132. The highest BCUT2D eigenvalue weighted by Gasteiger charge is 2.28. The fraction of sp³-hybridized carbons (Fsp3) is 0.902. The maximum absolute atomic E-state index is 12.5. The molecule has 0 saturated carbocycles. The summed E-state index contributed by atoms with van der Waals surface area (Å²) in [5.74, 6) is -0.592. The van der Waals surface area contributed by atoms with Crippen LogP contribution in [-0.2, 0) is 4.79 Å². The number of nitrogens with one attached hydrogen (secondary N) is 1. The number of carbonyl (C=O) groups is 1. The van der Waals surface area contributed by atoms with Crippen LogP contribution in [0, 0.1) is 0 Å². The van der Waals surface area contributed by atoms with Gasteiger partial charge < -0.3 is 25.7 Å². The molecule has 0 aliphatic carbocycles. The van der Waals surface area contributed by atoms with E-state index in [9.17, 15) is 25.2 Å². The number of aliphatic hydroxyl groups excluding tert-OH is 4. The van der Waals surface area contributed by atoms with Gasteiger partial charge >= 0.3 is 0 Å². The topological polar surface area (TPSA) is 110 Å². The van der Waals surface area contributed by atoms with E-state index < -0.39 is 36.9 Å². The third kappa shape index (κ3) is 40.0. The van der Waals surface area contributed by atoms with Gasteiger partial charge in [-0.3, -0.25) is 4.79 Å². The van der Waals surface area contributed by atoms with Gasteiger partial charge in [0.2, 0.25) is 5.91 Å². The van der Waals surface area contributed by atoms with Gasteiger partial charge in [0.1, 0.15) is 12.2 Å². The summed E-state index contributed by atoms with van der Waals surface area (Å²) in [4.78, 5) is 12.5. The molecule has 0 spiro atoms. The third-order valence-electron chi connectivity index (χ3n) is 11.9. The molecule has 0 bridgehead atoms. The van der Waals surface area contributed by atoms with Crippen LogP contribution in [-0.4, -0.2) is 57.3 Å². The predicted molar refractivity (Wildman–Crippen MR) is 247 cm³/mol. The monoisotopic (exact) mass is 806 g/mol. The number of allylic oxidation sites excluding steroid dienone is 4. The first-order valence-corrected chi connectivity index (χ1v) is 25.2. The van der Waals surface area contributed by atoms with Crippen molar-refractivity contribution in [2.45, 2.75) is 289 Å². The van der Waals surface area contributed by atoms with Crippen molar-refractivity contribution < 1.29 is 25.2 Å². The number of aliphatic hydroxyl groups is 4. The van der Waals surface area contributed by atoms with Gasteiger partial charge in [0.15, 0.2) is 0 Å². The second-order valence-corrected chi connectivity index (χ2v) is 17.5. The molecular formula is C51H99NO5. The molecule has 0 heterocycles. The van der Waals surface area contributed by atoms with Gasteiger partial charge in [-0.1, -0.05) is 224 Å². The van der Waals surface area contributed by atoms with Crippen LogP contribution in [0.25, 0.3) is 0 Å². The molecular weight excluding hydrogens is 707 g/mol. The Balaban J connectivity index is 3.61. The zero-order chi connectivity index (χ0) is 41.7. The van der Waals surface area contributed by atoms with E-state index in [1.54, 1.807) is 0 Å². The second kappa shape index (κ2) is 45.9. The largest absolute Gasteiger partial charge is 0.394 e. The normalized spacial score (nSPS) is 14.1. The first-order valence-electron chi connectivity index (χ1n) is 25.2. The SMILES string of the molecule is CCCCCCCCC/C=C/CCCC(O)C(O)C(CO)NC(=O)C(O)CCCCCCCCCCCCCCC/C=C\CCCCCCCCCCCCCC. The number of carbonyl (C=O) groups excluding carboxylic acids is 1. The first kappa shape index (κ1) is 55.8. The zero-order valence-corrected chi connectivity index (χ0v) is 38.1. The van der Waals surface area contributed by atoms with Crippen molar-refractivity contribution in [1.29, 1.82) is 0 Å². The molecule has 0 radical (unpaired) electrons. The van der Waals surface area contributed by atoms with Crippen LogP contribution in [0.3, 0.4) is 0 Å². The maximum Gasteiger partial charge on any atom is 0.249 e. The average molecular weight is 806 g/mol. The van der Waals surface area contributed by atoms with Crippen LogP contribution < -0.4 is 5.32 Å². The number of rotatable bonds is 46. The molecule has 6 nitrogen and oxygen atoms in total. The van der Waals surface area contributed by atoms with E-state index in [0.29, 0.717) is 12.8 Å². The molecule has 338 valence electrons. The summed E-state index contributed by atoms with van der Waals surface area (Å²) in [7, 11) is 0. The quantitative estimate of drug-likeness (QED) is 0.0311. The first-order chi connectivity index (χ1) is 28.0. The average Bonchev–Trinajstić information content (AvgIpc) is 3.22. The highest BCUT2D eigenvalue weighted by molar-refractivity contribution is 5.80. The molecule has 0 aromatic carbocycles. The van der Waals surface area contributed by atoms with Crippen LogP contribution in [0.2, 0.25) is 0 Å². The van der Waals surface area contributed by atoms with Crippen LogP contribution in [0.15, 0.2) is 24.3 Å². The van der Waals surface area contributed by atoms with Crippen molar-refractivity contribution in [3.05, 3.63) is 24.3 Å². The minimum absolute atomic E-state index is 0.365. The molecule has 0 rings (SSSR count). The van der Waals surface area contributed by atoms with Gasteiger partial charge in [-0.15, -0.1) is 0 Å². The smallest absolute Gasteiger partial charge is 0.249 e. The van der Waals surface area contributed by atoms with E-state index >= 15 is 0 Å². The maximum atomic E-state index is 12.5. The zero-order valence-electron chi connectivity index (χ0n) is 38.1. The van der Waals surface area contributed by atoms with Crippen LogP contribution in [0.1, 0.15) is 264 Å². The van der Waals surface area contributed by atoms with E-state index in [4.69, 9.17) is 0 Å². The summed E-state index contributed by atoms with van der Waals surface area (Å²) in [6.45, 7) is 4.04. The Hall–Kier alpha value is -1.21. The standard InChI is InChI=1S/C51H99NO5/c1-3-5-7-9-11-13-15-17-18-19-20-21-22-23-24-25-26-27-28-29-30-31-32-33-35-37-39-41-43-45-49(55)51(57)52-47(46-53)50(56)48(54)44-42-40-38-36-34-16-14-12-10-8-6-4-2/h23-24,36,38,47-50,53-56H,3-22,25-35,37,39-46H2,1-2H3,(H,52,57)/b24-23-,38-36+. The van der Waals surface area contributed by atoms with Crippen molar-refractivity contribution in [1.82, 2.24) is 5.32 Å².